The molecule has 0 aromatic rings. The highest BCUT2D eigenvalue weighted by Gasteiger charge is 2.46. The van der Waals surface area contributed by atoms with Gasteiger partial charge in [0.05, 0.1) is 12.5 Å². The molecule has 1 aliphatic carbocycles. The summed E-state index contributed by atoms with van der Waals surface area (Å²) in [6.45, 7) is 1.63. The first-order valence-corrected chi connectivity index (χ1v) is 5.68. The Morgan fingerprint density at radius 3 is 2.62 bits per heavy atom. The van der Waals surface area contributed by atoms with Crippen LogP contribution in [-0.2, 0) is 9.59 Å². The molecule has 2 fully saturated rings. The Bertz CT molecular complexity index is 317. The van der Waals surface area contributed by atoms with Crippen LogP contribution in [-0.4, -0.2) is 46.7 Å². The van der Waals surface area contributed by atoms with Crippen molar-refractivity contribution in [1.29, 1.82) is 0 Å². The van der Waals surface area contributed by atoms with Crippen molar-refractivity contribution in [1.82, 2.24) is 4.90 Å². The molecule has 0 unspecified atom stereocenters. The molecule has 5 heteroatoms. The Morgan fingerprint density at radius 1 is 1.31 bits per heavy atom. The van der Waals surface area contributed by atoms with Gasteiger partial charge in [-0.25, -0.2) is 0 Å². The molecule has 1 heterocycles. The van der Waals surface area contributed by atoms with Gasteiger partial charge < -0.3 is 10.2 Å². The van der Waals surface area contributed by atoms with Crippen molar-refractivity contribution in [2.75, 3.05) is 19.6 Å². The molecule has 0 aromatic carbocycles. The van der Waals surface area contributed by atoms with Gasteiger partial charge >= 0.3 is 11.9 Å². The number of rotatable bonds is 3. The monoisotopic (exact) mass is 227 g/mol. The average Bonchev–Trinajstić information content (AvgIpc) is 2.74. The summed E-state index contributed by atoms with van der Waals surface area (Å²) < 4.78 is 0. The second-order valence-electron chi connectivity index (χ2n) is 5.13. The molecule has 2 N–H and O–H groups in total. The molecule has 1 saturated carbocycles. The first kappa shape index (κ1) is 11.4. The summed E-state index contributed by atoms with van der Waals surface area (Å²) in [6.07, 6.45) is 3.35. The predicted octanol–water partition coefficient (Wildman–Crippen LogP) is 0.648. The minimum absolute atomic E-state index is 0.0819. The second kappa shape index (κ2) is 4.05. The fraction of sp³-hybridized carbons (Fsp3) is 0.818. The lowest BCUT2D eigenvalue weighted by Gasteiger charge is -2.23. The second-order valence-corrected chi connectivity index (χ2v) is 5.13. The van der Waals surface area contributed by atoms with Crippen molar-refractivity contribution >= 4 is 11.9 Å². The highest BCUT2D eigenvalue weighted by atomic mass is 16.4. The van der Waals surface area contributed by atoms with E-state index in [1.807, 2.05) is 4.90 Å². The lowest BCUT2D eigenvalue weighted by molar-refractivity contribution is -0.142. The third-order valence-electron chi connectivity index (χ3n) is 3.93. The first-order chi connectivity index (χ1) is 7.51. The van der Waals surface area contributed by atoms with E-state index in [9.17, 15) is 9.59 Å². The Kier molecular flexibility index (Phi) is 2.88. The van der Waals surface area contributed by atoms with E-state index < -0.39 is 11.9 Å². The third-order valence-corrected chi connectivity index (χ3v) is 3.93. The van der Waals surface area contributed by atoms with Gasteiger partial charge in [0.15, 0.2) is 0 Å². The molecule has 2 aliphatic rings. The van der Waals surface area contributed by atoms with E-state index in [0.717, 1.165) is 38.8 Å². The molecule has 0 bridgehead atoms. The van der Waals surface area contributed by atoms with Crippen LogP contribution in [0.25, 0.3) is 0 Å². The van der Waals surface area contributed by atoms with Crippen LogP contribution in [0.2, 0.25) is 0 Å². The van der Waals surface area contributed by atoms with Crippen LogP contribution in [0.4, 0.5) is 0 Å². The molecular formula is C11H17NO4. The molecular weight excluding hydrogens is 210 g/mol. The fourth-order valence-electron chi connectivity index (χ4n) is 3.14. The van der Waals surface area contributed by atoms with Gasteiger partial charge in [-0.15, -0.1) is 0 Å². The number of hydrogen-bond acceptors (Lipinski definition) is 3. The number of carbonyl (C=O) groups is 2. The summed E-state index contributed by atoms with van der Waals surface area (Å²) in [7, 11) is 0. The quantitative estimate of drug-likeness (QED) is 0.740. The van der Waals surface area contributed by atoms with Gasteiger partial charge in [0.1, 0.15) is 0 Å². The van der Waals surface area contributed by atoms with E-state index >= 15 is 0 Å². The van der Waals surface area contributed by atoms with Crippen LogP contribution >= 0.6 is 0 Å². The lowest BCUT2D eigenvalue weighted by atomic mass is 9.84. The van der Waals surface area contributed by atoms with Crippen molar-refractivity contribution in [3.05, 3.63) is 0 Å². The smallest absolute Gasteiger partial charge is 0.317 e. The molecule has 0 amide bonds. The number of aliphatic carboxylic acids is 2. The SMILES string of the molecule is O=C(O)CN1CC[C@]2(CC[C@H](C(=O)O)C2)C1. The maximum absolute atomic E-state index is 10.9. The van der Waals surface area contributed by atoms with Crippen molar-refractivity contribution in [3.8, 4) is 0 Å². The Balaban J connectivity index is 1.93. The van der Waals surface area contributed by atoms with Crippen LogP contribution in [0.3, 0.4) is 0 Å². The topological polar surface area (TPSA) is 77.8 Å². The molecule has 0 radical (unpaired) electrons. The largest absolute Gasteiger partial charge is 0.481 e. The summed E-state index contributed by atoms with van der Waals surface area (Å²) in [5.41, 5.74) is 0.0819. The van der Waals surface area contributed by atoms with Gasteiger partial charge in [-0.05, 0) is 37.6 Å². The maximum Gasteiger partial charge on any atom is 0.317 e. The third kappa shape index (κ3) is 2.19. The number of likely N-dealkylation sites (tertiary alicyclic amines) is 1. The molecule has 2 atom stereocenters. The minimum atomic E-state index is -0.801. The zero-order chi connectivity index (χ0) is 11.8. The number of carboxylic acid groups (broad SMARTS) is 2. The minimum Gasteiger partial charge on any atom is -0.481 e. The summed E-state index contributed by atoms with van der Waals surface area (Å²) >= 11 is 0. The molecule has 1 spiro atoms. The summed E-state index contributed by atoms with van der Waals surface area (Å²) in [5.74, 6) is -1.72. The summed E-state index contributed by atoms with van der Waals surface area (Å²) in [6, 6.07) is 0. The molecule has 90 valence electrons. The molecule has 1 saturated heterocycles. The van der Waals surface area contributed by atoms with Gasteiger partial charge in [0.25, 0.3) is 0 Å². The number of carboxylic acids is 2. The van der Waals surface area contributed by atoms with E-state index in [4.69, 9.17) is 10.2 Å². The van der Waals surface area contributed by atoms with Crippen LogP contribution < -0.4 is 0 Å². The van der Waals surface area contributed by atoms with Crippen molar-refractivity contribution < 1.29 is 19.8 Å². The number of hydrogen-bond donors (Lipinski definition) is 2. The molecule has 16 heavy (non-hydrogen) atoms. The highest BCUT2D eigenvalue weighted by molar-refractivity contribution is 5.70. The van der Waals surface area contributed by atoms with Crippen LogP contribution in [0.5, 0.6) is 0 Å². The van der Waals surface area contributed by atoms with Crippen molar-refractivity contribution in [3.63, 3.8) is 0 Å². The zero-order valence-corrected chi connectivity index (χ0v) is 9.19. The maximum atomic E-state index is 10.9. The van der Waals surface area contributed by atoms with Gasteiger partial charge in [-0.2, -0.15) is 0 Å². The average molecular weight is 227 g/mol. The van der Waals surface area contributed by atoms with Crippen LogP contribution in [0.1, 0.15) is 25.7 Å². The van der Waals surface area contributed by atoms with Gasteiger partial charge in [0, 0.05) is 6.54 Å². The Morgan fingerprint density at radius 2 is 2.06 bits per heavy atom. The fourth-order valence-corrected chi connectivity index (χ4v) is 3.14. The van der Waals surface area contributed by atoms with Gasteiger partial charge in [-0.1, -0.05) is 0 Å². The number of nitrogens with zero attached hydrogens (tertiary/aromatic N) is 1. The lowest BCUT2D eigenvalue weighted by Crippen LogP contribution is -2.30. The summed E-state index contributed by atoms with van der Waals surface area (Å²) in [5, 5.41) is 17.7. The van der Waals surface area contributed by atoms with E-state index in [-0.39, 0.29) is 17.9 Å². The molecule has 1 aliphatic heterocycles. The van der Waals surface area contributed by atoms with Crippen LogP contribution in [0, 0.1) is 11.3 Å². The van der Waals surface area contributed by atoms with E-state index in [0.29, 0.717) is 0 Å². The molecule has 2 rings (SSSR count). The molecule has 5 nitrogen and oxygen atoms in total. The normalized spacial score (nSPS) is 34.6. The van der Waals surface area contributed by atoms with Gasteiger partial charge in [0.2, 0.25) is 0 Å². The van der Waals surface area contributed by atoms with E-state index in [2.05, 4.69) is 0 Å². The zero-order valence-electron chi connectivity index (χ0n) is 9.19. The standard InChI is InChI=1S/C11H17NO4/c13-9(14)6-12-4-3-11(7-12)2-1-8(5-11)10(15)16/h8H,1-7H2,(H,13,14)(H,15,16)/t8-,11-/m0/s1. The summed E-state index contributed by atoms with van der Waals surface area (Å²) in [4.78, 5) is 23.4. The van der Waals surface area contributed by atoms with E-state index in [1.54, 1.807) is 0 Å². The van der Waals surface area contributed by atoms with Crippen LogP contribution in [0.15, 0.2) is 0 Å². The Hall–Kier alpha value is -1.10. The predicted molar refractivity (Wildman–Crippen MR) is 56.1 cm³/mol. The van der Waals surface area contributed by atoms with Gasteiger partial charge in [-0.3, -0.25) is 14.5 Å². The Labute approximate surface area is 94.0 Å². The van der Waals surface area contributed by atoms with Crippen molar-refractivity contribution in [2.45, 2.75) is 25.7 Å². The van der Waals surface area contributed by atoms with E-state index in [1.165, 1.54) is 0 Å². The molecule has 0 aromatic heterocycles. The highest BCUT2D eigenvalue weighted by Crippen LogP contribution is 2.47. The van der Waals surface area contributed by atoms with Crippen molar-refractivity contribution in [2.24, 2.45) is 11.3 Å². The first-order valence-electron chi connectivity index (χ1n) is 5.68.